The minimum absolute atomic E-state index is 0.189. The number of nitrogens with one attached hydrogen (secondary N) is 1. The van der Waals surface area contributed by atoms with Crippen LogP contribution in [-0.2, 0) is 6.54 Å². The molecule has 10 heteroatoms. The van der Waals surface area contributed by atoms with E-state index >= 15 is 0 Å². The summed E-state index contributed by atoms with van der Waals surface area (Å²) in [5, 5.41) is 17.3. The third kappa shape index (κ3) is 3.90. The van der Waals surface area contributed by atoms with E-state index in [9.17, 15) is 9.90 Å². The predicted octanol–water partition coefficient (Wildman–Crippen LogP) is 1.24. The summed E-state index contributed by atoms with van der Waals surface area (Å²) in [5.41, 5.74) is 2.01. The Morgan fingerprint density at radius 2 is 2.13 bits per heavy atom. The molecule has 0 unspecified atom stereocenters. The minimum atomic E-state index is -0.793. The quantitative estimate of drug-likeness (QED) is 0.566. The van der Waals surface area contributed by atoms with Crippen LogP contribution in [0.5, 0.6) is 11.6 Å². The van der Waals surface area contributed by atoms with Crippen LogP contribution < -0.4 is 14.8 Å². The summed E-state index contributed by atoms with van der Waals surface area (Å²) in [7, 11) is 1.55. The van der Waals surface area contributed by atoms with Gasteiger partial charge < -0.3 is 19.9 Å². The van der Waals surface area contributed by atoms with Crippen LogP contribution in [0.1, 0.15) is 41.5 Å². The fourth-order valence-corrected chi connectivity index (χ4v) is 3.12. The molecule has 2 N–H and O–H groups in total. The lowest BCUT2D eigenvalue weighted by molar-refractivity contribution is 0.0892. The molecule has 0 radical (unpaired) electrons. The summed E-state index contributed by atoms with van der Waals surface area (Å²) in [6, 6.07) is 1.78. The van der Waals surface area contributed by atoms with Crippen molar-refractivity contribution in [1.29, 1.82) is 0 Å². The Morgan fingerprint density at radius 3 is 2.83 bits per heavy atom. The van der Waals surface area contributed by atoms with Crippen molar-refractivity contribution < 1.29 is 19.4 Å². The number of aromatic nitrogens is 5. The molecule has 1 aliphatic rings. The fraction of sp³-hybridized carbons (Fsp3) is 0.450. The number of aliphatic hydroxyl groups is 1. The van der Waals surface area contributed by atoms with Crippen LogP contribution in [0.2, 0.25) is 0 Å². The molecule has 0 atom stereocenters. The second-order valence-electron chi connectivity index (χ2n) is 7.34. The highest BCUT2D eigenvalue weighted by molar-refractivity contribution is 6.03. The Morgan fingerprint density at radius 1 is 1.33 bits per heavy atom. The fourth-order valence-electron chi connectivity index (χ4n) is 3.12. The van der Waals surface area contributed by atoms with Gasteiger partial charge in [0.05, 0.1) is 43.3 Å². The number of nitrogens with zero attached hydrogens (tertiary/aromatic N) is 5. The number of fused-ring (bicyclic) bond motifs is 1. The van der Waals surface area contributed by atoms with Gasteiger partial charge in [0, 0.05) is 18.2 Å². The highest BCUT2D eigenvalue weighted by Crippen LogP contribution is 2.34. The Labute approximate surface area is 173 Å². The molecule has 3 heterocycles. The van der Waals surface area contributed by atoms with Gasteiger partial charge in [0.25, 0.3) is 5.91 Å². The van der Waals surface area contributed by atoms with Gasteiger partial charge in [-0.15, -0.1) is 0 Å². The Balaban J connectivity index is 1.70. The van der Waals surface area contributed by atoms with Gasteiger partial charge in [-0.3, -0.25) is 9.48 Å². The van der Waals surface area contributed by atoms with Gasteiger partial charge in [-0.2, -0.15) is 5.10 Å². The molecule has 1 amide bonds. The summed E-state index contributed by atoms with van der Waals surface area (Å²) >= 11 is 0. The maximum atomic E-state index is 12.7. The van der Waals surface area contributed by atoms with Crippen LogP contribution in [0, 0.1) is 6.92 Å². The van der Waals surface area contributed by atoms with Gasteiger partial charge in [0.1, 0.15) is 17.6 Å². The number of carbonyl (C=O) groups is 1. The number of hydrogen-bond acceptors (Lipinski definition) is 8. The monoisotopic (exact) mass is 412 g/mol. The third-order valence-corrected chi connectivity index (χ3v) is 5.14. The molecule has 0 bridgehead atoms. The molecular formula is C20H24N6O4. The molecule has 0 saturated heterocycles. The van der Waals surface area contributed by atoms with E-state index in [4.69, 9.17) is 9.47 Å². The van der Waals surface area contributed by atoms with Crippen molar-refractivity contribution in [2.24, 2.45) is 0 Å². The van der Waals surface area contributed by atoms with E-state index in [0.717, 1.165) is 11.3 Å². The largest absolute Gasteiger partial charge is 0.495 e. The average molecular weight is 412 g/mol. The second kappa shape index (κ2) is 7.86. The molecule has 1 aliphatic carbocycles. The minimum Gasteiger partial charge on any atom is -0.495 e. The van der Waals surface area contributed by atoms with E-state index in [-0.39, 0.29) is 18.1 Å². The zero-order valence-electron chi connectivity index (χ0n) is 17.2. The molecule has 1 fully saturated rings. The summed E-state index contributed by atoms with van der Waals surface area (Å²) in [5.74, 6) is 0.689. The first-order valence-electron chi connectivity index (χ1n) is 9.78. The van der Waals surface area contributed by atoms with E-state index in [2.05, 4.69) is 25.4 Å². The van der Waals surface area contributed by atoms with Gasteiger partial charge in [-0.1, -0.05) is 0 Å². The normalized spacial score (nSPS) is 14.5. The first-order valence-corrected chi connectivity index (χ1v) is 9.78. The van der Waals surface area contributed by atoms with Gasteiger partial charge in [-0.05, 0) is 26.7 Å². The third-order valence-electron chi connectivity index (χ3n) is 5.14. The van der Waals surface area contributed by atoms with Crippen molar-refractivity contribution in [1.82, 2.24) is 30.0 Å². The zero-order valence-corrected chi connectivity index (χ0v) is 17.2. The summed E-state index contributed by atoms with van der Waals surface area (Å²) in [4.78, 5) is 25.6. The number of rotatable bonds is 8. The van der Waals surface area contributed by atoms with Crippen LogP contribution in [-0.4, -0.2) is 61.6 Å². The Bertz CT molecular complexity index is 1090. The number of ether oxygens (including phenoxy) is 2. The first-order chi connectivity index (χ1) is 14.4. The topological polar surface area (TPSA) is 124 Å². The Kier molecular flexibility index (Phi) is 5.25. The lowest BCUT2D eigenvalue weighted by atomic mass is 10.2. The van der Waals surface area contributed by atoms with Crippen molar-refractivity contribution in [2.75, 3.05) is 20.3 Å². The van der Waals surface area contributed by atoms with Crippen molar-refractivity contribution in [3.8, 4) is 11.6 Å². The molecular weight excluding hydrogens is 388 g/mol. The lowest BCUT2D eigenvalue weighted by Gasteiger charge is -2.10. The molecule has 0 spiro atoms. The van der Waals surface area contributed by atoms with Gasteiger partial charge in [-0.25, -0.2) is 15.0 Å². The van der Waals surface area contributed by atoms with E-state index < -0.39 is 5.60 Å². The van der Waals surface area contributed by atoms with E-state index in [1.165, 1.54) is 6.33 Å². The summed E-state index contributed by atoms with van der Waals surface area (Å²) < 4.78 is 12.5. The maximum Gasteiger partial charge on any atom is 0.274 e. The average Bonchev–Trinajstić information content (AvgIpc) is 3.38. The van der Waals surface area contributed by atoms with Crippen LogP contribution in [0.25, 0.3) is 11.0 Å². The summed E-state index contributed by atoms with van der Waals surface area (Å²) in [6.45, 7) is 4.77. The summed E-state index contributed by atoms with van der Waals surface area (Å²) in [6.07, 6.45) is 4.37. The Hall–Kier alpha value is -3.27. The number of pyridine rings is 1. The number of carbonyl (C=O) groups excluding carboxylic acids is 1. The van der Waals surface area contributed by atoms with E-state index in [1.54, 1.807) is 24.1 Å². The molecule has 0 aromatic carbocycles. The molecule has 3 aromatic heterocycles. The molecule has 4 rings (SSSR count). The molecule has 3 aromatic rings. The van der Waals surface area contributed by atoms with E-state index in [0.29, 0.717) is 48.7 Å². The number of hydrogen-bond donors (Lipinski definition) is 2. The highest BCUT2D eigenvalue weighted by atomic mass is 16.5. The zero-order chi connectivity index (χ0) is 21.3. The molecule has 0 aliphatic heterocycles. The van der Waals surface area contributed by atoms with Crippen LogP contribution in [0.4, 0.5) is 0 Å². The van der Waals surface area contributed by atoms with Crippen molar-refractivity contribution in [3.05, 3.63) is 35.5 Å². The standard InChI is InChI=1S/C20H24N6O4/c1-4-30-19-12(2)14(23-11-24-19)9-26-15-7-13(29-3)8-21-16(15)17(25-26)18(27)22-10-20(28)5-6-20/h7-8,11,28H,4-6,9-10H2,1-3H3,(H,22,27). The smallest absolute Gasteiger partial charge is 0.274 e. The molecule has 10 nitrogen and oxygen atoms in total. The van der Waals surface area contributed by atoms with Crippen molar-refractivity contribution in [2.45, 2.75) is 38.8 Å². The van der Waals surface area contributed by atoms with Gasteiger partial charge >= 0.3 is 0 Å². The van der Waals surface area contributed by atoms with Crippen molar-refractivity contribution in [3.63, 3.8) is 0 Å². The maximum absolute atomic E-state index is 12.7. The molecule has 1 saturated carbocycles. The van der Waals surface area contributed by atoms with E-state index in [1.807, 2.05) is 13.8 Å². The van der Waals surface area contributed by atoms with Gasteiger partial charge in [0.15, 0.2) is 5.69 Å². The second-order valence-corrected chi connectivity index (χ2v) is 7.34. The van der Waals surface area contributed by atoms with Crippen LogP contribution >= 0.6 is 0 Å². The molecule has 30 heavy (non-hydrogen) atoms. The van der Waals surface area contributed by atoms with Crippen LogP contribution in [0.3, 0.4) is 0 Å². The van der Waals surface area contributed by atoms with Crippen molar-refractivity contribution >= 4 is 16.9 Å². The van der Waals surface area contributed by atoms with Crippen LogP contribution in [0.15, 0.2) is 18.6 Å². The first kappa shape index (κ1) is 20.0. The highest BCUT2D eigenvalue weighted by Gasteiger charge is 2.40. The van der Waals surface area contributed by atoms with Gasteiger partial charge in [0.2, 0.25) is 5.88 Å². The SMILES string of the molecule is CCOc1ncnc(Cn2nc(C(=O)NCC3(O)CC3)c3ncc(OC)cc32)c1C. The number of amides is 1. The predicted molar refractivity (Wildman–Crippen MR) is 108 cm³/mol. The number of methoxy groups -OCH3 is 1. The lowest BCUT2D eigenvalue weighted by Crippen LogP contribution is -2.33. The molecule has 158 valence electrons.